The molecule has 0 saturated carbocycles. The molecule has 29 heavy (non-hydrogen) atoms. The highest BCUT2D eigenvalue weighted by Gasteiger charge is 2.19. The molecule has 3 N–H and O–H groups in total. The maximum Gasteiger partial charge on any atom is 0.300 e. The molecule has 2 aromatic heterocycles. The molecular formula is C14H13ClN8O6. The summed E-state index contributed by atoms with van der Waals surface area (Å²) in [6.07, 6.45) is 0. The quantitative estimate of drug-likeness (QED) is 0.359. The standard InChI is InChI=1S/C7H6N4O3.C6H2ClN3O3.CH5N/c1-8-4-2-3-5(11(12)13)7-6(4)9-14-10-7;7-3-1-2-4(10(11)12)6-5(3)8-13-9-6;1-2/h2-3,8H,1H3;1-2H;2H2,1H3. The van der Waals surface area contributed by atoms with Crippen LogP contribution in [-0.4, -0.2) is 44.6 Å². The topological polar surface area (TPSA) is 202 Å². The fourth-order valence-corrected chi connectivity index (χ4v) is 2.36. The van der Waals surface area contributed by atoms with E-state index in [1.54, 1.807) is 13.1 Å². The Morgan fingerprint density at radius 2 is 1.31 bits per heavy atom. The molecule has 0 unspecified atom stereocenters. The largest absolute Gasteiger partial charge is 0.386 e. The van der Waals surface area contributed by atoms with Crippen LogP contribution < -0.4 is 11.1 Å². The second-order valence-corrected chi connectivity index (χ2v) is 5.29. The van der Waals surface area contributed by atoms with Crippen molar-refractivity contribution in [2.45, 2.75) is 0 Å². The first-order valence-electron chi connectivity index (χ1n) is 7.64. The molecule has 0 radical (unpaired) electrons. The van der Waals surface area contributed by atoms with Gasteiger partial charge in [0.1, 0.15) is 0 Å². The van der Waals surface area contributed by atoms with Gasteiger partial charge in [-0.25, -0.2) is 9.26 Å². The van der Waals surface area contributed by atoms with E-state index in [1.807, 2.05) is 0 Å². The molecule has 0 fully saturated rings. The normalized spacial score (nSPS) is 9.93. The third-order valence-electron chi connectivity index (χ3n) is 3.40. The molecule has 0 spiro atoms. The Kier molecular flexibility index (Phi) is 6.89. The van der Waals surface area contributed by atoms with E-state index in [4.69, 9.17) is 11.6 Å². The average Bonchev–Trinajstić information content (AvgIpc) is 3.39. The summed E-state index contributed by atoms with van der Waals surface area (Å²) in [7, 11) is 3.19. The Hall–Kier alpha value is -3.91. The fourth-order valence-electron chi connectivity index (χ4n) is 2.17. The van der Waals surface area contributed by atoms with Gasteiger partial charge in [-0.1, -0.05) is 11.6 Å². The van der Waals surface area contributed by atoms with E-state index in [0.29, 0.717) is 11.2 Å². The number of nitrogens with zero attached hydrogens (tertiary/aromatic N) is 6. The minimum absolute atomic E-state index is 0.0671. The Labute approximate surface area is 165 Å². The second-order valence-electron chi connectivity index (χ2n) is 4.89. The molecule has 152 valence electrons. The van der Waals surface area contributed by atoms with Gasteiger partial charge in [-0.2, -0.15) is 0 Å². The zero-order valence-corrected chi connectivity index (χ0v) is 15.7. The number of halogens is 1. The molecular weight excluding hydrogens is 412 g/mol. The average molecular weight is 425 g/mol. The molecule has 2 heterocycles. The third-order valence-corrected chi connectivity index (χ3v) is 3.71. The lowest BCUT2D eigenvalue weighted by Gasteiger charge is -1.98. The lowest BCUT2D eigenvalue weighted by Crippen LogP contribution is -1.93. The van der Waals surface area contributed by atoms with Gasteiger partial charge in [0.15, 0.2) is 11.0 Å². The number of hydrogen-bond donors (Lipinski definition) is 2. The first-order valence-corrected chi connectivity index (χ1v) is 8.02. The summed E-state index contributed by atoms with van der Waals surface area (Å²) in [6, 6.07) is 5.56. The Morgan fingerprint density at radius 1 is 0.862 bits per heavy atom. The number of nitro benzene ring substituents is 2. The van der Waals surface area contributed by atoms with E-state index in [2.05, 4.69) is 40.9 Å². The van der Waals surface area contributed by atoms with Gasteiger partial charge in [0.2, 0.25) is 11.0 Å². The number of anilines is 1. The summed E-state index contributed by atoms with van der Waals surface area (Å²) in [5.74, 6) is 0. The maximum atomic E-state index is 10.6. The number of hydrogen-bond acceptors (Lipinski definition) is 12. The predicted octanol–water partition coefficient (Wildman–Crippen LogP) is 2.53. The van der Waals surface area contributed by atoms with Crippen molar-refractivity contribution in [3.8, 4) is 0 Å². The van der Waals surface area contributed by atoms with Crippen molar-refractivity contribution >= 4 is 50.7 Å². The van der Waals surface area contributed by atoms with Gasteiger partial charge >= 0.3 is 11.4 Å². The second kappa shape index (κ2) is 9.34. The van der Waals surface area contributed by atoms with Crippen molar-refractivity contribution in [3.63, 3.8) is 0 Å². The number of benzene rings is 2. The number of fused-ring (bicyclic) bond motifs is 2. The lowest BCUT2D eigenvalue weighted by atomic mass is 10.2. The number of non-ortho nitro benzene ring substituents is 2. The highest BCUT2D eigenvalue weighted by molar-refractivity contribution is 6.35. The number of nitrogens with two attached hydrogens (primary N) is 1. The molecule has 4 aromatic rings. The first kappa shape index (κ1) is 21.4. The number of rotatable bonds is 3. The fraction of sp³-hybridized carbons (Fsp3) is 0.143. The summed E-state index contributed by atoms with van der Waals surface area (Å²) >= 11 is 5.69. The van der Waals surface area contributed by atoms with Gasteiger partial charge in [0.05, 0.1) is 20.6 Å². The maximum absolute atomic E-state index is 10.6. The minimum Gasteiger partial charge on any atom is -0.386 e. The molecule has 0 atom stereocenters. The van der Waals surface area contributed by atoms with Crippen LogP contribution in [0.15, 0.2) is 33.5 Å². The molecule has 0 saturated heterocycles. The summed E-state index contributed by atoms with van der Waals surface area (Å²) in [4.78, 5) is 20.0. The summed E-state index contributed by atoms with van der Waals surface area (Å²) < 4.78 is 8.80. The smallest absolute Gasteiger partial charge is 0.300 e. The SMILES string of the molecule is CN.CNc1ccc([N+](=O)[O-])c2nonc12.O=[N+]([O-])c1ccc(Cl)c2nonc12. The molecule has 0 aliphatic rings. The van der Waals surface area contributed by atoms with Gasteiger partial charge in [0, 0.05) is 19.2 Å². The number of nitro groups is 2. The third kappa shape index (κ3) is 4.33. The highest BCUT2D eigenvalue weighted by Crippen LogP contribution is 2.28. The van der Waals surface area contributed by atoms with Gasteiger partial charge in [0.25, 0.3) is 0 Å². The van der Waals surface area contributed by atoms with Crippen molar-refractivity contribution in [3.05, 3.63) is 49.5 Å². The lowest BCUT2D eigenvalue weighted by molar-refractivity contribution is -0.383. The number of aromatic nitrogens is 4. The van der Waals surface area contributed by atoms with E-state index >= 15 is 0 Å². The zero-order valence-electron chi connectivity index (χ0n) is 14.9. The van der Waals surface area contributed by atoms with E-state index < -0.39 is 9.85 Å². The Bertz CT molecular complexity index is 1160. The molecule has 4 rings (SSSR count). The molecule has 0 bridgehead atoms. The van der Waals surface area contributed by atoms with Crippen LogP contribution in [0, 0.1) is 20.2 Å². The van der Waals surface area contributed by atoms with Crippen LogP contribution in [0.5, 0.6) is 0 Å². The van der Waals surface area contributed by atoms with Crippen molar-refractivity contribution in [1.82, 2.24) is 20.6 Å². The van der Waals surface area contributed by atoms with E-state index in [1.165, 1.54) is 25.2 Å². The minimum atomic E-state index is -0.567. The van der Waals surface area contributed by atoms with Crippen molar-refractivity contribution in [2.75, 3.05) is 19.4 Å². The molecule has 15 heteroatoms. The van der Waals surface area contributed by atoms with E-state index in [9.17, 15) is 20.2 Å². The van der Waals surface area contributed by atoms with Gasteiger partial charge < -0.3 is 11.1 Å². The van der Waals surface area contributed by atoms with Gasteiger partial charge in [-0.3, -0.25) is 20.2 Å². The summed E-state index contributed by atoms with van der Waals surface area (Å²) in [5.41, 5.74) is 5.66. The zero-order chi connectivity index (χ0) is 21.6. The Morgan fingerprint density at radius 3 is 1.83 bits per heavy atom. The summed E-state index contributed by atoms with van der Waals surface area (Å²) in [5, 5.41) is 38.1. The predicted molar refractivity (Wildman–Crippen MR) is 102 cm³/mol. The van der Waals surface area contributed by atoms with Crippen LogP contribution in [-0.2, 0) is 0 Å². The van der Waals surface area contributed by atoms with Gasteiger partial charge in [-0.15, -0.1) is 0 Å². The highest BCUT2D eigenvalue weighted by atomic mass is 35.5. The van der Waals surface area contributed by atoms with Crippen LogP contribution in [0.25, 0.3) is 22.1 Å². The molecule has 2 aromatic carbocycles. The van der Waals surface area contributed by atoms with Gasteiger partial charge in [-0.05, 0) is 39.8 Å². The van der Waals surface area contributed by atoms with Crippen LogP contribution >= 0.6 is 11.6 Å². The van der Waals surface area contributed by atoms with Crippen LogP contribution in [0.3, 0.4) is 0 Å². The van der Waals surface area contributed by atoms with Crippen molar-refractivity contribution in [1.29, 1.82) is 0 Å². The van der Waals surface area contributed by atoms with Crippen molar-refractivity contribution < 1.29 is 19.1 Å². The molecule has 0 aliphatic heterocycles. The monoisotopic (exact) mass is 424 g/mol. The van der Waals surface area contributed by atoms with E-state index in [0.717, 1.165) is 0 Å². The number of nitrogens with one attached hydrogen (secondary N) is 1. The molecule has 0 amide bonds. The molecule has 14 nitrogen and oxygen atoms in total. The Balaban J connectivity index is 0.000000191. The van der Waals surface area contributed by atoms with Crippen LogP contribution in [0.2, 0.25) is 5.02 Å². The molecule has 0 aliphatic carbocycles. The van der Waals surface area contributed by atoms with Crippen LogP contribution in [0.4, 0.5) is 17.1 Å². The van der Waals surface area contributed by atoms with Crippen LogP contribution in [0.1, 0.15) is 0 Å². The summed E-state index contributed by atoms with van der Waals surface area (Å²) in [6.45, 7) is 0. The van der Waals surface area contributed by atoms with E-state index in [-0.39, 0.29) is 32.9 Å². The first-order chi connectivity index (χ1) is 13.9. The van der Waals surface area contributed by atoms with Crippen molar-refractivity contribution in [2.24, 2.45) is 5.73 Å².